The van der Waals surface area contributed by atoms with Gasteiger partial charge in [-0.2, -0.15) is 0 Å². The average molecular weight is 359 g/mol. The number of hydrogen-bond acceptors (Lipinski definition) is 6. The predicted molar refractivity (Wildman–Crippen MR) is 101 cm³/mol. The summed E-state index contributed by atoms with van der Waals surface area (Å²) in [6.07, 6.45) is -0.0125. The van der Waals surface area contributed by atoms with Crippen molar-refractivity contribution in [2.24, 2.45) is 0 Å². The SMILES string of the molecule is COc1ccc(Cl)c(Nc2nc3ccccc3nc2NOC(C)C)c1. The van der Waals surface area contributed by atoms with Gasteiger partial charge >= 0.3 is 0 Å². The molecule has 0 saturated heterocycles. The lowest BCUT2D eigenvalue weighted by Gasteiger charge is -2.15. The van der Waals surface area contributed by atoms with Gasteiger partial charge in [-0.15, -0.1) is 0 Å². The molecule has 3 aromatic rings. The number of ether oxygens (including phenoxy) is 1. The number of hydrogen-bond donors (Lipinski definition) is 2. The van der Waals surface area contributed by atoms with E-state index in [9.17, 15) is 0 Å². The van der Waals surface area contributed by atoms with Crippen LogP contribution in [-0.2, 0) is 4.84 Å². The summed E-state index contributed by atoms with van der Waals surface area (Å²) in [7, 11) is 1.60. The zero-order valence-electron chi connectivity index (χ0n) is 14.2. The van der Waals surface area contributed by atoms with Crippen LogP contribution in [0.5, 0.6) is 5.75 Å². The molecule has 0 radical (unpaired) electrons. The molecular formula is C18H19ClN4O2. The lowest BCUT2D eigenvalue weighted by atomic mass is 10.3. The first-order valence-corrected chi connectivity index (χ1v) is 8.23. The van der Waals surface area contributed by atoms with E-state index in [1.807, 2.05) is 38.1 Å². The van der Waals surface area contributed by atoms with E-state index in [0.717, 1.165) is 11.0 Å². The molecular weight excluding hydrogens is 340 g/mol. The van der Waals surface area contributed by atoms with Crippen molar-refractivity contribution in [3.63, 3.8) is 0 Å². The normalized spacial score (nSPS) is 10.9. The highest BCUT2D eigenvalue weighted by Crippen LogP contribution is 2.31. The molecule has 0 unspecified atom stereocenters. The minimum absolute atomic E-state index is 0.0125. The summed E-state index contributed by atoms with van der Waals surface area (Å²) in [5.41, 5.74) is 5.05. The monoisotopic (exact) mass is 358 g/mol. The minimum atomic E-state index is -0.0125. The molecule has 1 aromatic heterocycles. The van der Waals surface area contributed by atoms with E-state index in [1.165, 1.54) is 0 Å². The molecule has 25 heavy (non-hydrogen) atoms. The fraction of sp³-hybridized carbons (Fsp3) is 0.222. The van der Waals surface area contributed by atoms with E-state index >= 15 is 0 Å². The first kappa shape index (κ1) is 17.3. The number of aromatic nitrogens is 2. The third kappa shape index (κ3) is 4.10. The van der Waals surface area contributed by atoms with E-state index < -0.39 is 0 Å². The molecule has 0 bridgehead atoms. The lowest BCUT2D eigenvalue weighted by Crippen LogP contribution is -2.12. The molecule has 0 aliphatic rings. The topological polar surface area (TPSA) is 68.3 Å². The van der Waals surface area contributed by atoms with Gasteiger partial charge in [0, 0.05) is 6.07 Å². The predicted octanol–water partition coefficient (Wildman–Crippen LogP) is 4.79. The molecule has 0 aliphatic heterocycles. The maximum absolute atomic E-state index is 6.28. The van der Waals surface area contributed by atoms with Crippen LogP contribution < -0.4 is 15.5 Å². The number of nitrogens with zero attached hydrogens (tertiary/aromatic N) is 2. The van der Waals surface area contributed by atoms with E-state index in [4.69, 9.17) is 21.2 Å². The van der Waals surface area contributed by atoms with Gasteiger partial charge in [-0.25, -0.2) is 15.4 Å². The quantitative estimate of drug-likeness (QED) is 0.617. The van der Waals surface area contributed by atoms with Crippen LogP contribution in [0.3, 0.4) is 0 Å². The summed E-state index contributed by atoms with van der Waals surface area (Å²) < 4.78 is 5.25. The molecule has 0 aliphatic carbocycles. The lowest BCUT2D eigenvalue weighted by molar-refractivity contribution is 0.129. The van der Waals surface area contributed by atoms with Gasteiger partial charge in [0.15, 0.2) is 11.6 Å². The summed E-state index contributed by atoms with van der Waals surface area (Å²) in [4.78, 5) is 14.7. The van der Waals surface area contributed by atoms with Gasteiger partial charge in [-0.05, 0) is 38.1 Å². The van der Waals surface area contributed by atoms with E-state index in [1.54, 1.807) is 25.3 Å². The smallest absolute Gasteiger partial charge is 0.194 e. The molecule has 1 heterocycles. The molecule has 0 saturated carbocycles. The Hall–Kier alpha value is -2.57. The van der Waals surface area contributed by atoms with Crippen LogP contribution >= 0.6 is 11.6 Å². The van der Waals surface area contributed by atoms with Crippen LogP contribution in [-0.4, -0.2) is 23.2 Å². The Morgan fingerprint density at radius 1 is 1.00 bits per heavy atom. The van der Waals surface area contributed by atoms with Gasteiger partial charge in [-0.1, -0.05) is 23.7 Å². The Labute approximate surface area is 151 Å². The second kappa shape index (κ2) is 7.55. The second-order valence-corrected chi connectivity index (χ2v) is 6.06. The number of rotatable bonds is 6. The number of halogens is 1. The number of fused-ring (bicyclic) bond motifs is 1. The molecule has 0 spiro atoms. The summed E-state index contributed by atoms with van der Waals surface area (Å²) in [6, 6.07) is 13.0. The fourth-order valence-corrected chi connectivity index (χ4v) is 2.35. The Balaban J connectivity index is 2.02. The van der Waals surface area contributed by atoms with Gasteiger partial charge in [0.25, 0.3) is 0 Å². The molecule has 130 valence electrons. The van der Waals surface area contributed by atoms with Gasteiger partial charge < -0.3 is 10.1 Å². The Morgan fingerprint density at radius 3 is 2.32 bits per heavy atom. The highest BCUT2D eigenvalue weighted by molar-refractivity contribution is 6.33. The van der Waals surface area contributed by atoms with Crippen LogP contribution in [0.1, 0.15) is 13.8 Å². The highest BCUT2D eigenvalue weighted by atomic mass is 35.5. The summed E-state index contributed by atoms with van der Waals surface area (Å²) in [5.74, 6) is 1.68. The number of methoxy groups -OCH3 is 1. The van der Waals surface area contributed by atoms with Gasteiger partial charge in [0.1, 0.15) is 5.75 Å². The minimum Gasteiger partial charge on any atom is -0.497 e. The first-order chi connectivity index (χ1) is 12.1. The fourth-order valence-electron chi connectivity index (χ4n) is 2.19. The third-order valence-corrected chi connectivity index (χ3v) is 3.72. The molecule has 7 heteroatoms. The Kier molecular flexibility index (Phi) is 5.21. The Morgan fingerprint density at radius 2 is 1.68 bits per heavy atom. The maximum atomic E-state index is 6.28. The second-order valence-electron chi connectivity index (χ2n) is 5.65. The summed E-state index contributed by atoms with van der Waals surface area (Å²) in [5, 5.41) is 3.75. The van der Waals surface area contributed by atoms with Crippen molar-refractivity contribution in [2.45, 2.75) is 20.0 Å². The zero-order chi connectivity index (χ0) is 17.8. The summed E-state index contributed by atoms with van der Waals surface area (Å²) in [6.45, 7) is 3.85. The largest absolute Gasteiger partial charge is 0.497 e. The molecule has 0 amide bonds. The number of anilines is 3. The number of nitrogens with one attached hydrogen (secondary N) is 2. The van der Waals surface area contributed by atoms with Crippen molar-refractivity contribution in [2.75, 3.05) is 17.9 Å². The number of benzene rings is 2. The average Bonchev–Trinajstić information content (AvgIpc) is 2.61. The van der Waals surface area contributed by atoms with Crippen molar-refractivity contribution in [3.8, 4) is 5.75 Å². The number of para-hydroxylation sites is 2. The van der Waals surface area contributed by atoms with Gasteiger partial charge in [0.05, 0.1) is 35.0 Å². The molecule has 0 atom stereocenters. The maximum Gasteiger partial charge on any atom is 0.194 e. The third-order valence-electron chi connectivity index (χ3n) is 3.39. The van der Waals surface area contributed by atoms with E-state index in [2.05, 4.69) is 20.8 Å². The first-order valence-electron chi connectivity index (χ1n) is 7.86. The van der Waals surface area contributed by atoms with Crippen molar-refractivity contribution in [1.29, 1.82) is 0 Å². The van der Waals surface area contributed by atoms with Crippen LogP contribution in [0.15, 0.2) is 42.5 Å². The van der Waals surface area contributed by atoms with E-state index in [0.29, 0.717) is 28.1 Å². The van der Waals surface area contributed by atoms with Gasteiger partial charge in [0.2, 0.25) is 0 Å². The van der Waals surface area contributed by atoms with Crippen molar-refractivity contribution >= 4 is 40.0 Å². The van der Waals surface area contributed by atoms with Crippen LogP contribution in [0.2, 0.25) is 5.02 Å². The van der Waals surface area contributed by atoms with Crippen molar-refractivity contribution < 1.29 is 9.57 Å². The van der Waals surface area contributed by atoms with Crippen LogP contribution in [0.4, 0.5) is 17.3 Å². The highest BCUT2D eigenvalue weighted by Gasteiger charge is 2.12. The van der Waals surface area contributed by atoms with Crippen LogP contribution in [0.25, 0.3) is 11.0 Å². The van der Waals surface area contributed by atoms with Gasteiger partial charge in [-0.3, -0.25) is 4.84 Å². The molecule has 0 fully saturated rings. The van der Waals surface area contributed by atoms with Crippen molar-refractivity contribution in [1.82, 2.24) is 9.97 Å². The standard InChI is InChI=1S/C18H19ClN4O2/c1-11(2)25-23-18-17(20-14-6-4-5-7-15(14)21-18)22-16-10-12(24-3)8-9-13(16)19/h4-11H,1-3H3,(H,20,22)(H,21,23). The molecule has 2 aromatic carbocycles. The molecule has 3 rings (SSSR count). The zero-order valence-corrected chi connectivity index (χ0v) is 15.0. The van der Waals surface area contributed by atoms with Crippen LogP contribution in [0, 0.1) is 0 Å². The summed E-state index contributed by atoms with van der Waals surface area (Å²) >= 11 is 6.28. The van der Waals surface area contributed by atoms with E-state index in [-0.39, 0.29) is 6.10 Å². The molecule has 6 nitrogen and oxygen atoms in total. The Bertz CT molecular complexity index is 886. The van der Waals surface area contributed by atoms with Crippen molar-refractivity contribution in [3.05, 3.63) is 47.5 Å². The molecule has 2 N–H and O–H groups in total.